The number of hydrogen-bond donors (Lipinski definition) is 2. The Balaban J connectivity index is 2.23. The molecule has 0 saturated heterocycles. The largest absolute Gasteiger partial charge is 0.410 e. The molecule has 2 N–H and O–H groups in total. The van der Waals surface area contributed by atoms with E-state index in [4.69, 9.17) is 0 Å². The first kappa shape index (κ1) is 10.9. The second-order valence-corrected chi connectivity index (χ2v) is 4.44. The number of nitrogens with zero attached hydrogens (tertiary/aromatic N) is 3. The normalized spacial score (nSPS) is 14.8. The van der Waals surface area contributed by atoms with Gasteiger partial charge in [-0.1, -0.05) is 5.16 Å². The molecule has 0 spiro atoms. The van der Waals surface area contributed by atoms with Crippen LogP contribution in [-0.2, 0) is 0 Å². The Morgan fingerprint density at radius 1 is 1.35 bits per heavy atom. The van der Waals surface area contributed by atoms with Crippen LogP contribution >= 0.6 is 0 Å². The summed E-state index contributed by atoms with van der Waals surface area (Å²) in [4.78, 5) is 18.6. The van der Waals surface area contributed by atoms with Crippen molar-refractivity contribution in [2.45, 2.75) is 0 Å². The van der Waals surface area contributed by atoms with Gasteiger partial charge in [0, 0.05) is 23.5 Å². The molecule has 0 aliphatic heterocycles. The lowest BCUT2D eigenvalue weighted by Crippen LogP contribution is -2.15. The molecule has 0 radical (unpaired) electrons. The Hall–Kier alpha value is -2.96. The molecule has 1 aliphatic rings. The van der Waals surface area contributed by atoms with Crippen molar-refractivity contribution in [3.05, 3.63) is 58.0 Å². The highest BCUT2D eigenvalue weighted by molar-refractivity contribution is 6.22. The molecule has 98 valence electrons. The molecule has 6 nitrogen and oxygen atoms in total. The van der Waals surface area contributed by atoms with E-state index in [-0.39, 0.29) is 16.9 Å². The topological polar surface area (TPSA) is 82.8 Å². The average Bonchev–Trinajstić information content (AvgIpc) is 3.01. The van der Waals surface area contributed by atoms with Gasteiger partial charge in [-0.3, -0.25) is 9.20 Å². The number of benzene rings is 1. The van der Waals surface area contributed by atoms with Gasteiger partial charge in [0.2, 0.25) is 5.65 Å². The van der Waals surface area contributed by atoms with Crippen molar-refractivity contribution >= 4 is 11.4 Å². The monoisotopic (exact) mass is 270 g/mol. The molecule has 0 bridgehead atoms. The number of fused-ring (bicyclic) bond motifs is 5. The van der Waals surface area contributed by atoms with E-state index in [1.807, 2.05) is 0 Å². The molecular formula is C13H7FN4O2. The molecule has 2 heterocycles. The zero-order chi connectivity index (χ0) is 13.9. The maximum Gasteiger partial charge on any atom is 0.292 e. The Labute approximate surface area is 110 Å². The van der Waals surface area contributed by atoms with Crippen molar-refractivity contribution in [3.63, 3.8) is 0 Å². The predicted molar refractivity (Wildman–Crippen MR) is 68.6 cm³/mol. The summed E-state index contributed by atoms with van der Waals surface area (Å²) in [6.07, 6.45) is 3.07. The summed E-state index contributed by atoms with van der Waals surface area (Å²) < 4.78 is 14.9. The Bertz CT molecular complexity index is 955. The molecule has 2 aromatic heterocycles. The molecule has 0 fully saturated rings. The van der Waals surface area contributed by atoms with Crippen LogP contribution in [0.25, 0.3) is 16.9 Å². The second kappa shape index (κ2) is 3.53. The van der Waals surface area contributed by atoms with Crippen molar-refractivity contribution in [1.82, 2.24) is 14.4 Å². The summed E-state index contributed by atoms with van der Waals surface area (Å²) >= 11 is 0. The van der Waals surface area contributed by atoms with Gasteiger partial charge in [0.15, 0.2) is 0 Å². The average molecular weight is 270 g/mol. The second-order valence-electron chi connectivity index (χ2n) is 4.44. The van der Waals surface area contributed by atoms with Crippen LogP contribution in [0.4, 0.5) is 4.39 Å². The number of rotatable bonds is 0. The molecular weight excluding hydrogens is 263 g/mol. The Morgan fingerprint density at radius 2 is 2.20 bits per heavy atom. The van der Waals surface area contributed by atoms with Crippen LogP contribution in [-0.4, -0.2) is 25.3 Å². The number of halogens is 1. The van der Waals surface area contributed by atoms with Gasteiger partial charge in [0.25, 0.3) is 5.56 Å². The fraction of sp³-hybridized carbons (Fsp3) is 0. The van der Waals surface area contributed by atoms with Gasteiger partial charge < -0.3 is 10.2 Å². The molecule has 0 saturated carbocycles. The number of H-pyrrole nitrogens is 1. The Morgan fingerprint density at radius 3 is 3.00 bits per heavy atom. The third-order valence-electron chi connectivity index (χ3n) is 3.39. The molecule has 1 aromatic carbocycles. The number of hydrogen-bond acceptors (Lipinski definition) is 4. The summed E-state index contributed by atoms with van der Waals surface area (Å²) in [7, 11) is 0. The summed E-state index contributed by atoms with van der Waals surface area (Å²) in [5.41, 5.74) is 2.06. The highest BCUT2D eigenvalue weighted by Gasteiger charge is 2.30. The zero-order valence-corrected chi connectivity index (χ0v) is 9.96. The van der Waals surface area contributed by atoms with Gasteiger partial charge in [0.1, 0.15) is 17.2 Å². The lowest BCUT2D eigenvalue weighted by molar-refractivity contribution is 0.319. The summed E-state index contributed by atoms with van der Waals surface area (Å²) in [5.74, 6) is -0.443. The van der Waals surface area contributed by atoms with Gasteiger partial charge in [-0.15, -0.1) is 0 Å². The van der Waals surface area contributed by atoms with Crippen LogP contribution in [0, 0.1) is 5.82 Å². The quantitative estimate of drug-likeness (QED) is 0.374. The van der Waals surface area contributed by atoms with E-state index >= 15 is 0 Å². The van der Waals surface area contributed by atoms with Crippen molar-refractivity contribution in [3.8, 4) is 11.3 Å². The lowest BCUT2D eigenvalue weighted by atomic mass is 10.1. The number of aromatic amines is 1. The minimum Gasteiger partial charge on any atom is -0.410 e. The minimum absolute atomic E-state index is 0.193. The molecule has 20 heavy (non-hydrogen) atoms. The maximum atomic E-state index is 13.4. The first-order valence-electron chi connectivity index (χ1n) is 5.83. The van der Waals surface area contributed by atoms with E-state index in [0.29, 0.717) is 22.5 Å². The third kappa shape index (κ3) is 1.18. The SMILES string of the molecule is O=c1[nH]c2c(n3ccnc13)/C(=N/O)c1cc(F)ccc1-2. The maximum absolute atomic E-state index is 13.4. The number of oxime groups is 1. The Kier molecular flexibility index (Phi) is 1.93. The van der Waals surface area contributed by atoms with Gasteiger partial charge in [-0.25, -0.2) is 9.37 Å². The molecule has 1 aliphatic carbocycles. The third-order valence-corrected chi connectivity index (χ3v) is 3.39. The summed E-state index contributed by atoms with van der Waals surface area (Å²) in [5, 5.41) is 12.5. The van der Waals surface area contributed by atoms with Crippen molar-refractivity contribution < 1.29 is 9.60 Å². The van der Waals surface area contributed by atoms with Gasteiger partial charge in [-0.2, -0.15) is 0 Å². The fourth-order valence-electron chi connectivity index (χ4n) is 2.59. The van der Waals surface area contributed by atoms with Gasteiger partial charge in [0.05, 0.1) is 5.69 Å². The van der Waals surface area contributed by atoms with Crippen LogP contribution < -0.4 is 5.56 Å². The summed E-state index contributed by atoms with van der Waals surface area (Å²) in [6, 6.07) is 4.10. The van der Waals surface area contributed by atoms with Crippen molar-refractivity contribution in [2.24, 2.45) is 5.16 Å². The van der Waals surface area contributed by atoms with Crippen molar-refractivity contribution in [1.29, 1.82) is 0 Å². The number of imidazole rings is 1. The van der Waals surface area contributed by atoms with E-state index in [1.165, 1.54) is 22.7 Å². The van der Waals surface area contributed by atoms with E-state index in [2.05, 4.69) is 15.1 Å². The van der Waals surface area contributed by atoms with Gasteiger partial charge >= 0.3 is 0 Å². The molecule has 4 rings (SSSR count). The van der Waals surface area contributed by atoms with Crippen LogP contribution in [0.15, 0.2) is 40.5 Å². The van der Waals surface area contributed by atoms with E-state index in [1.54, 1.807) is 12.3 Å². The van der Waals surface area contributed by atoms with Crippen molar-refractivity contribution in [2.75, 3.05) is 0 Å². The summed E-state index contributed by atoms with van der Waals surface area (Å²) in [6.45, 7) is 0. The minimum atomic E-state index is -0.443. The van der Waals surface area contributed by atoms with E-state index in [9.17, 15) is 14.4 Å². The highest BCUT2D eigenvalue weighted by atomic mass is 19.1. The molecule has 7 heteroatoms. The number of aromatic nitrogens is 3. The lowest BCUT2D eigenvalue weighted by Gasteiger charge is -2.03. The van der Waals surface area contributed by atoms with Crippen LogP contribution in [0.3, 0.4) is 0 Å². The first-order chi connectivity index (χ1) is 9.70. The highest BCUT2D eigenvalue weighted by Crippen LogP contribution is 2.35. The fourth-order valence-corrected chi connectivity index (χ4v) is 2.59. The zero-order valence-electron chi connectivity index (χ0n) is 9.96. The first-order valence-corrected chi connectivity index (χ1v) is 5.83. The predicted octanol–water partition coefficient (Wildman–Crippen LogP) is 1.37. The molecule has 0 unspecified atom stereocenters. The number of nitrogens with one attached hydrogen (secondary N) is 1. The molecule has 3 aromatic rings. The molecule has 0 atom stereocenters. The smallest absolute Gasteiger partial charge is 0.292 e. The van der Waals surface area contributed by atoms with Crippen LogP contribution in [0.5, 0.6) is 0 Å². The van der Waals surface area contributed by atoms with Gasteiger partial charge in [-0.05, 0) is 18.2 Å². The van der Waals surface area contributed by atoms with E-state index in [0.717, 1.165) is 0 Å². The van der Waals surface area contributed by atoms with Crippen LogP contribution in [0.2, 0.25) is 0 Å². The standard InChI is InChI=1S/C13H7FN4O2/c14-6-1-2-7-8(5-6)10(17-20)11-9(7)16-13(19)12-15-3-4-18(11)12/h1-5,20H,(H,16,19)/b17-10+. The molecule has 0 amide bonds. The van der Waals surface area contributed by atoms with E-state index < -0.39 is 5.82 Å². The van der Waals surface area contributed by atoms with Crippen LogP contribution in [0.1, 0.15) is 11.3 Å².